The quantitative estimate of drug-likeness (QED) is 0.631. The van der Waals surface area contributed by atoms with Crippen LogP contribution in [0.4, 0.5) is 0 Å². The van der Waals surface area contributed by atoms with Crippen molar-refractivity contribution in [3.63, 3.8) is 0 Å². The number of hydrogen-bond donors (Lipinski definition) is 1. The molecule has 88 valence electrons. The van der Waals surface area contributed by atoms with Crippen LogP contribution in [0.15, 0.2) is 17.0 Å². The second-order valence-electron chi connectivity index (χ2n) is 3.48. The van der Waals surface area contributed by atoms with Gasteiger partial charge in [0.1, 0.15) is 5.75 Å². The van der Waals surface area contributed by atoms with Gasteiger partial charge in [0.25, 0.3) is 0 Å². The van der Waals surface area contributed by atoms with Crippen molar-refractivity contribution in [2.24, 2.45) is 0 Å². The third kappa shape index (κ3) is 2.77. The summed E-state index contributed by atoms with van der Waals surface area (Å²) < 4.78 is 5.24. The summed E-state index contributed by atoms with van der Waals surface area (Å²) in [6.45, 7) is 2.34. The average Bonchev–Trinajstić information content (AvgIpc) is 2.28. The topological polar surface area (TPSA) is 38.3 Å². The summed E-state index contributed by atoms with van der Waals surface area (Å²) in [5.41, 5.74) is 1.78. The normalized spacial score (nSPS) is 10.2. The van der Waals surface area contributed by atoms with E-state index in [0.29, 0.717) is 17.9 Å². The molecule has 0 saturated carbocycles. The molecule has 0 fully saturated rings. The highest BCUT2D eigenvalue weighted by Gasteiger charge is 2.13. The van der Waals surface area contributed by atoms with Crippen LogP contribution < -0.4 is 10.1 Å². The number of thioether (sulfide) groups is 1. The molecule has 0 spiro atoms. The lowest BCUT2D eigenvalue weighted by Crippen LogP contribution is -2.19. The maximum Gasteiger partial charge on any atom is 0.180 e. The van der Waals surface area contributed by atoms with E-state index in [1.165, 1.54) is 0 Å². The zero-order valence-electron chi connectivity index (χ0n) is 10.1. The first-order valence-corrected chi connectivity index (χ1v) is 6.27. The smallest absolute Gasteiger partial charge is 0.180 e. The molecule has 0 atom stereocenters. The Hall–Kier alpha value is -1.00. The predicted octanol–water partition coefficient (Wildman–Crippen LogP) is 2.13. The van der Waals surface area contributed by atoms with Gasteiger partial charge in [-0.15, -0.1) is 11.8 Å². The molecular formula is C12H17NO2S. The first-order valence-electron chi connectivity index (χ1n) is 5.04. The average molecular weight is 239 g/mol. The van der Waals surface area contributed by atoms with E-state index >= 15 is 0 Å². The molecule has 1 aromatic carbocycles. The van der Waals surface area contributed by atoms with Gasteiger partial charge in [0.15, 0.2) is 5.78 Å². The molecule has 0 saturated heterocycles. The van der Waals surface area contributed by atoms with Crippen LogP contribution in [0, 0.1) is 6.92 Å². The van der Waals surface area contributed by atoms with Crippen molar-refractivity contribution in [2.75, 3.05) is 27.0 Å². The molecule has 16 heavy (non-hydrogen) atoms. The summed E-state index contributed by atoms with van der Waals surface area (Å²) >= 11 is 1.64. The van der Waals surface area contributed by atoms with Crippen molar-refractivity contribution < 1.29 is 9.53 Å². The minimum atomic E-state index is 0.0506. The van der Waals surface area contributed by atoms with Gasteiger partial charge in [0.05, 0.1) is 19.2 Å². The molecule has 3 nitrogen and oxygen atoms in total. The Balaban J connectivity index is 3.19. The second kappa shape index (κ2) is 5.92. The molecule has 0 aliphatic carbocycles. The maximum absolute atomic E-state index is 11.9. The zero-order chi connectivity index (χ0) is 12.1. The zero-order valence-corrected chi connectivity index (χ0v) is 10.9. The highest BCUT2D eigenvalue weighted by molar-refractivity contribution is 7.98. The van der Waals surface area contributed by atoms with E-state index in [9.17, 15) is 4.79 Å². The molecule has 0 unspecified atom stereocenters. The van der Waals surface area contributed by atoms with E-state index in [0.717, 1.165) is 10.5 Å². The number of benzene rings is 1. The molecule has 0 heterocycles. The van der Waals surface area contributed by atoms with Gasteiger partial charge in [0.2, 0.25) is 0 Å². The van der Waals surface area contributed by atoms with Crippen molar-refractivity contribution in [2.45, 2.75) is 11.8 Å². The molecule has 1 aromatic rings. The number of aryl methyl sites for hydroxylation is 1. The van der Waals surface area contributed by atoms with Crippen LogP contribution in [0.25, 0.3) is 0 Å². The van der Waals surface area contributed by atoms with E-state index < -0.39 is 0 Å². The summed E-state index contributed by atoms with van der Waals surface area (Å²) in [6, 6.07) is 3.81. The lowest BCUT2D eigenvalue weighted by Gasteiger charge is -2.11. The first kappa shape index (κ1) is 13.1. The van der Waals surface area contributed by atoms with Crippen LogP contribution in [0.1, 0.15) is 15.9 Å². The number of methoxy groups -OCH3 is 1. The minimum absolute atomic E-state index is 0.0506. The van der Waals surface area contributed by atoms with Gasteiger partial charge in [-0.05, 0) is 37.9 Å². The van der Waals surface area contributed by atoms with Gasteiger partial charge in [-0.3, -0.25) is 4.79 Å². The molecule has 4 heteroatoms. The Morgan fingerprint density at radius 1 is 1.50 bits per heavy atom. The number of likely N-dealkylation sites (N-methyl/N-ethyl adjacent to an activating group) is 1. The molecule has 0 aliphatic rings. The summed E-state index contributed by atoms with van der Waals surface area (Å²) in [7, 11) is 3.34. The number of ketones is 1. The predicted molar refractivity (Wildman–Crippen MR) is 67.8 cm³/mol. The van der Waals surface area contributed by atoms with Crippen LogP contribution in [-0.2, 0) is 0 Å². The van der Waals surface area contributed by atoms with Gasteiger partial charge < -0.3 is 10.1 Å². The van der Waals surface area contributed by atoms with Crippen LogP contribution in [0.3, 0.4) is 0 Å². The number of hydrogen-bond acceptors (Lipinski definition) is 4. The highest BCUT2D eigenvalue weighted by Crippen LogP contribution is 2.28. The van der Waals surface area contributed by atoms with Gasteiger partial charge in [-0.1, -0.05) is 0 Å². The van der Waals surface area contributed by atoms with Crippen molar-refractivity contribution >= 4 is 17.5 Å². The van der Waals surface area contributed by atoms with Crippen LogP contribution in [0.2, 0.25) is 0 Å². The van der Waals surface area contributed by atoms with Gasteiger partial charge >= 0.3 is 0 Å². The third-order valence-electron chi connectivity index (χ3n) is 2.35. The van der Waals surface area contributed by atoms with Crippen LogP contribution in [-0.4, -0.2) is 32.7 Å². The number of carbonyl (C=O) groups is 1. The van der Waals surface area contributed by atoms with Crippen molar-refractivity contribution in [1.29, 1.82) is 0 Å². The fourth-order valence-corrected chi connectivity index (χ4v) is 2.14. The first-order chi connectivity index (χ1) is 7.63. The second-order valence-corrected chi connectivity index (χ2v) is 4.32. The minimum Gasteiger partial charge on any atom is -0.496 e. The Bertz CT molecular complexity index is 391. The monoisotopic (exact) mass is 239 g/mol. The van der Waals surface area contributed by atoms with E-state index in [1.807, 2.05) is 25.3 Å². The number of rotatable bonds is 5. The van der Waals surface area contributed by atoms with Crippen LogP contribution in [0.5, 0.6) is 5.75 Å². The lowest BCUT2D eigenvalue weighted by molar-refractivity contribution is 0.0990. The summed E-state index contributed by atoms with van der Waals surface area (Å²) in [5, 5.41) is 2.86. The number of nitrogens with one attached hydrogen (secondary N) is 1. The molecule has 0 bridgehead atoms. The van der Waals surface area contributed by atoms with Gasteiger partial charge in [-0.2, -0.15) is 0 Å². The molecular weight excluding hydrogens is 222 g/mol. The third-order valence-corrected chi connectivity index (χ3v) is 3.23. The van der Waals surface area contributed by atoms with Gasteiger partial charge in [0, 0.05) is 4.90 Å². The number of carbonyl (C=O) groups excluding carboxylic acids is 1. The summed E-state index contributed by atoms with van der Waals surface area (Å²) in [6.07, 6.45) is 2.00. The molecule has 0 amide bonds. The van der Waals surface area contributed by atoms with Crippen molar-refractivity contribution in [3.05, 3.63) is 23.3 Å². The Morgan fingerprint density at radius 3 is 2.69 bits per heavy atom. The van der Waals surface area contributed by atoms with E-state index in [1.54, 1.807) is 25.9 Å². The number of Topliss-reactive ketones (excluding diaryl/α,β-unsaturated/α-hetero) is 1. The lowest BCUT2D eigenvalue weighted by atomic mass is 10.1. The molecule has 0 aromatic heterocycles. The fourth-order valence-electron chi connectivity index (χ4n) is 1.52. The molecule has 1 rings (SSSR count). The maximum atomic E-state index is 11.9. The SMILES string of the molecule is CNCC(=O)c1cc(SC)c(C)cc1OC. The largest absolute Gasteiger partial charge is 0.496 e. The summed E-state index contributed by atoms with van der Waals surface area (Å²) in [4.78, 5) is 13.0. The van der Waals surface area contributed by atoms with E-state index in [-0.39, 0.29) is 5.78 Å². The Morgan fingerprint density at radius 2 is 2.19 bits per heavy atom. The van der Waals surface area contributed by atoms with Gasteiger partial charge in [-0.25, -0.2) is 0 Å². The van der Waals surface area contributed by atoms with E-state index in [2.05, 4.69) is 5.32 Å². The molecule has 0 radical (unpaired) electrons. The van der Waals surface area contributed by atoms with Crippen LogP contribution >= 0.6 is 11.8 Å². The van der Waals surface area contributed by atoms with Crippen molar-refractivity contribution in [1.82, 2.24) is 5.32 Å². The standard InChI is InChI=1S/C12H17NO2S/c1-8-5-11(15-3)9(6-12(8)16-4)10(14)7-13-2/h5-6,13H,7H2,1-4H3. The molecule has 1 N–H and O–H groups in total. The Labute approximate surface area is 101 Å². The van der Waals surface area contributed by atoms with E-state index in [4.69, 9.17) is 4.74 Å². The Kier molecular flexibility index (Phi) is 4.83. The molecule has 0 aliphatic heterocycles. The van der Waals surface area contributed by atoms with Crippen molar-refractivity contribution in [3.8, 4) is 5.75 Å². The summed E-state index contributed by atoms with van der Waals surface area (Å²) in [5.74, 6) is 0.699. The number of ether oxygens (including phenoxy) is 1. The fraction of sp³-hybridized carbons (Fsp3) is 0.417. The highest BCUT2D eigenvalue weighted by atomic mass is 32.2.